The molecule has 4 fully saturated rings. The van der Waals surface area contributed by atoms with Gasteiger partial charge in [-0.15, -0.1) is 0 Å². The Morgan fingerprint density at radius 3 is 2.35 bits per heavy atom. The summed E-state index contributed by atoms with van der Waals surface area (Å²) in [6.45, 7) is 1.76. The van der Waals surface area contributed by atoms with E-state index in [2.05, 4.69) is 0 Å². The molecule has 0 spiro atoms. The van der Waals surface area contributed by atoms with Crippen LogP contribution in [0.15, 0.2) is 29.2 Å². The first kappa shape index (κ1) is 24.3. The number of benzene rings is 1. The van der Waals surface area contributed by atoms with Crippen molar-refractivity contribution in [3.8, 4) is 0 Å². The highest BCUT2D eigenvalue weighted by molar-refractivity contribution is 7.89. The summed E-state index contributed by atoms with van der Waals surface area (Å²) in [4.78, 5) is 14.9. The predicted molar refractivity (Wildman–Crippen MR) is 126 cm³/mol. The van der Waals surface area contributed by atoms with Gasteiger partial charge in [0, 0.05) is 30.8 Å². The van der Waals surface area contributed by atoms with Crippen LogP contribution in [-0.2, 0) is 19.5 Å². The van der Waals surface area contributed by atoms with Gasteiger partial charge in [0.25, 0.3) is 0 Å². The molecule has 1 amide bonds. The Balaban J connectivity index is 1.39. The number of amides is 1. The van der Waals surface area contributed by atoms with Gasteiger partial charge in [0.05, 0.1) is 24.2 Å². The Hall–Kier alpha value is -1.39. The summed E-state index contributed by atoms with van der Waals surface area (Å²) in [6, 6.07) is 5.39. The fraction of sp³-hybridized carbons (Fsp3) is 0.708. The summed E-state index contributed by atoms with van der Waals surface area (Å²) in [5.74, 6) is 0.731. The van der Waals surface area contributed by atoms with Crippen molar-refractivity contribution in [3.05, 3.63) is 29.3 Å². The lowest BCUT2D eigenvalue weighted by Gasteiger charge is -2.44. The second-order valence-electron chi connectivity index (χ2n) is 10.2. The molecule has 2 aliphatic heterocycles. The number of ether oxygens (including phenoxy) is 2. The molecular weight excluding hydrogens is 480 g/mol. The first-order valence-corrected chi connectivity index (χ1v) is 14.1. The molecular formula is C24H33ClN2O6S. The maximum atomic E-state index is 13.9. The van der Waals surface area contributed by atoms with E-state index in [4.69, 9.17) is 21.1 Å². The quantitative estimate of drug-likeness (QED) is 0.602. The van der Waals surface area contributed by atoms with E-state index in [9.17, 15) is 18.3 Å². The number of nitrogens with zero attached hydrogens (tertiary/aromatic N) is 2. The molecule has 0 unspecified atom stereocenters. The van der Waals surface area contributed by atoms with E-state index in [1.807, 2.05) is 0 Å². The monoisotopic (exact) mass is 512 g/mol. The standard InChI is InChI=1S/C24H33ClN2O6S/c25-19-3-5-21(6-4-19)34(30,31)27-20(13-17-1-2-17)15-32-16-22(27)24(9-10-24)33-23(29)26-11-7-18(14-28)8-12-26/h3-6,17-18,20,22,28H,1-2,7-16H2/t20-,22-/m1/s1. The van der Waals surface area contributed by atoms with E-state index >= 15 is 0 Å². The first-order chi connectivity index (χ1) is 16.3. The molecule has 188 valence electrons. The molecule has 8 nitrogen and oxygen atoms in total. The second kappa shape index (κ2) is 9.58. The highest BCUT2D eigenvalue weighted by atomic mass is 35.5. The topological polar surface area (TPSA) is 96.4 Å². The van der Waals surface area contributed by atoms with Crippen LogP contribution >= 0.6 is 11.6 Å². The van der Waals surface area contributed by atoms with Crippen LogP contribution in [0.3, 0.4) is 0 Å². The summed E-state index contributed by atoms with van der Waals surface area (Å²) in [6.07, 6.45) is 5.28. The number of rotatable bonds is 7. The van der Waals surface area contributed by atoms with E-state index in [1.165, 1.54) is 12.1 Å². The molecule has 2 aliphatic carbocycles. The molecule has 34 heavy (non-hydrogen) atoms. The van der Waals surface area contributed by atoms with Gasteiger partial charge >= 0.3 is 6.09 Å². The van der Waals surface area contributed by atoms with E-state index in [1.54, 1.807) is 21.3 Å². The molecule has 1 N–H and O–H groups in total. The number of morpholine rings is 1. The Bertz CT molecular complexity index is 987. The normalized spacial score (nSPS) is 28.0. The van der Waals surface area contributed by atoms with E-state index in [0.29, 0.717) is 43.5 Å². The summed E-state index contributed by atoms with van der Waals surface area (Å²) in [5.41, 5.74) is -0.868. The van der Waals surface area contributed by atoms with Gasteiger partial charge in [0.1, 0.15) is 5.60 Å². The van der Waals surface area contributed by atoms with Crippen LogP contribution in [0, 0.1) is 11.8 Å². The van der Waals surface area contributed by atoms with Crippen molar-refractivity contribution < 1.29 is 27.8 Å². The number of hydrogen-bond acceptors (Lipinski definition) is 6. The molecule has 2 saturated carbocycles. The van der Waals surface area contributed by atoms with Crippen LogP contribution in [0.1, 0.15) is 44.9 Å². The van der Waals surface area contributed by atoms with E-state index in [-0.39, 0.29) is 30.1 Å². The summed E-state index contributed by atoms with van der Waals surface area (Å²) in [5, 5.41) is 9.85. The number of halogens is 1. The number of aliphatic hydroxyl groups excluding tert-OH is 1. The van der Waals surface area contributed by atoms with Crippen LogP contribution in [-0.4, -0.2) is 79.4 Å². The minimum atomic E-state index is -3.85. The lowest BCUT2D eigenvalue weighted by atomic mass is 9.98. The molecule has 5 rings (SSSR count). The van der Waals surface area contributed by atoms with Crippen molar-refractivity contribution in [2.75, 3.05) is 32.9 Å². The average Bonchev–Trinajstić information content (AvgIpc) is 3.77. The largest absolute Gasteiger partial charge is 0.441 e. The average molecular weight is 513 g/mol. The van der Waals surface area contributed by atoms with Gasteiger partial charge in [0.15, 0.2) is 0 Å². The van der Waals surface area contributed by atoms with Crippen LogP contribution in [0.25, 0.3) is 0 Å². The third-order valence-electron chi connectivity index (χ3n) is 7.72. The highest BCUT2D eigenvalue weighted by Crippen LogP contribution is 2.49. The smallest absolute Gasteiger partial charge is 0.410 e. The number of sulfonamides is 1. The number of aliphatic hydroxyl groups is 1. The molecule has 2 heterocycles. The molecule has 1 aromatic carbocycles. The van der Waals surface area contributed by atoms with Gasteiger partial charge in [-0.3, -0.25) is 0 Å². The number of carbonyl (C=O) groups is 1. The van der Waals surface area contributed by atoms with Gasteiger partial charge in [-0.25, -0.2) is 13.2 Å². The zero-order valence-corrected chi connectivity index (χ0v) is 20.8. The van der Waals surface area contributed by atoms with E-state index in [0.717, 1.165) is 32.1 Å². The number of piperidine rings is 1. The lowest BCUT2D eigenvalue weighted by molar-refractivity contribution is -0.0746. The van der Waals surface area contributed by atoms with Gasteiger partial charge in [-0.2, -0.15) is 4.31 Å². The van der Waals surface area contributed by atoms with Crippen molar-refractivity contribution in [2.24, 2.45) is 11.8 Å². The Morgan fingerprint density at radius 2 is 1.76 bits per heavy atom. The maximum Gasteiger partial charge on any atom is 0.410 e. The third kappa shape index (κ3) is 4.95. The zero-order chi connectivity index (χ0) is 23.9. The molecule has 0 bridgehead atoms. The summed E-state index contributed by atoms with van der Waals surface area (Å²) >= 11 is 6.01. The molecule has 0 radical (unpaired) electrons. The van der Waals surface area contributed by atoms with Crippen LogP contribution in [0.2, 0.25) is 5.02 Å². The fourth-order valence-corrected chi connectivity index (χ4v) is 7.24. The molecule has 10 heteroatoms. The Labute approximate surface area is 206 Å². The Kier molecular flexibility index (Phi) is 6.85. The van der Waals surface area contributed by atoms with Gasteiger partial charge < -0.3 is 19.5 Å². The van der Waals surface area contributed by atoms with Crippen LogP contribution in [0.5, 0.6) is 0 Å². The molecule has 4 aliphatic rings. The number of hydrogen-bond donors (Lipinski definition) is 1. The van der Waals surface area contributed by atoms with Crippen molar-refractivity contribution in [1.29, 1.82) is 0 Å². The molecule has 2 atom stereocenters. The van der Waals surface area contributed by atoms with Crippen LogP contribution < -0.4 is 0 Å². The molecule has 0 aromatic heterocycles. The van der Waals surface area contributed by atoms with Gasteiger partial charge in [0.2, 0.25) is 10.0 Å². The second-order valence-corrected chi connectivity index (χ2v) is 12.5. The molecule has 1 aromatic rings. The predicted octanol–water partition coefficient (Wildman–Crippen LogP) is 3.27. The highest BCUT2D eigenvalue weighted by Gasteiger charge is 2.60. The Morgan fingerprint density at radius 1 is 1.09 bits per heavy atom. The van der Waals surface area contributed by atoms with Gasteiger partial charge in [-0.05, 0) is 68.2 Å². The van der Waals surface area contributed by atoms with Crippen molar-refractivity contribution >= 4 is 27.7 Å². The molecule has 2 saturated heterocycles. The number of likely N-dealkylation sites (tertiary alicyclic amines) is 1. The SMILES string of the molecule is O=C(OC1([C@H]2COC[C@@H](CC3CC3)N2S(=O)(=O)c2ccc(Cl)cc2)CC1)N1CCC(CO)CC1. The summed E-state index contributed by atoms with van der Waals surface area (Å²) in [7, 11) is -3.85. The van der Waals surface area contributed by atoms with Crippen molar-refractivity contribution in [3.63, 3.8) is 0 Å². The third-order valence-corrected chi connectivity index (χ3v) is 9.94. The number of carbonyl (C=O) groups excluding carboxylic acids is 1. The van der Waals surface area contributed by atoms with E-state index < -0.39 is 27.8 Å². The fourth-order valence-electron chi connectivity index (χ4n) is 5.27. The summed E-state index contributed by atoms with van der Waals surface area (Å²) < 4.78 is 41.4. The van der Waals surface area contributed by atoms with Crippen molar-refractivity contribution in [1.82, 2.24) is 9.21 Å². The minimum Gasteiger partial charge on any atom is -0.441 e. The maximum absolute atomic E-state index is 13.9. The van der Waals surface area contributed by atoms with Crippen LogP contribution in [0.4, 0.5) is 4.79 Å². The minimum absolute atomic E-state index is 0.131. The van der Waals surface area contributed by atoms with Crippen molar-refractivity contribution in [2.45, 2.75) is 67.5 Å². The lowest BCUT2D eigenvalue weighted by Crippen LogP contribution is -2.61. The first-order valence-electron chi connectivity index (χ1n) is 12.3. The zero-order valence-electron chi connectivity index (χ0n) is 19.3. The van der Waals surface area contributed by atoms with Gasteiger partial charge in [-0.1, -0.05) is 24.4 Å².